The van der Waals surface area contributed by atoms with Gasteiger partial charge in [0.2, 0.25) is 0 Å². The van der Waals surface area contributed by atoms with Gasteiger partial charge in [-0.15, -0.1) is 0 Å². The molecule has 0 aliphatic carbocycles. The lowest BCUT2D eigenvalue weighted by molar-refractivity contribution is 1.01. The Morgan fingerprint density at radius 2 is 1.05 bits per heavy atom. The molecule has 6 aromatic carbocycles. The Morgan fingerprint density at radius 3 is 1.70 bits per heavy atom. The molecule has 0 atom stereocenters. The van der Waals surface area contributed by atoms with E-state index in [1.165, 1.54) is 32.3 Å². The van der Waals surface area contributed by atoms with Gasteiger partial charge in [-0.1, -0.05) is 134 Å². The second-order valence-corrected chi connectivity index (χ2v) is 10.7. The highest BCUT2D eigenvalue weighted by molar-refractivity contribution is 6.25. The van der Waals surface area contributed by atoms with Crippen LogP contribution in [0.1, 0.15) is 26.1 Å². The van der Waals surface area contributed by atoms with Crippen molar-refractivity contribution < 1.29 is 0 Å². The zero-order chi connectivity index (χ0) is 29.2. The number of benzene rings is 6. The summed E-state index contributed by atoms with van der Waals surface area (Å²) < 4.78 is 0. The maximum absolute atomic E-state index is 4.99. The molecule has 3 heteroatoms. The van der Waals surface area contributed by atoms with Crippen LogP contribution in [-0.2, 0) is 0 Å². The minimum Gasteiger partial charge on any atom is -0.209 e. The molecule has 0 unspecified atom stereocenters. The van der Waals surface area contributed by atoms with Crippen LogP contribution in [-0.4, -0.2) is 15.0 Å². The summed E-state index contributed by atoms with van der Waals surface area (Å²) >= 11 is 0. The molecule has 0 saturated heterocycles. The van der Waals surface area contributed by atoms with E-state index in [4.69, 9.17) is 15.0 Å². The minimum absolute atomic E-state index is 0.669. The summed E-state index contributed by atoms with van der Waals surface area (Å²) in [7, 11) is 0. The molecule has 0 spiro atoms. The number of rotatable bonds is 6. The zero-order valence-electron chi connectivity index (χ0n) is 24.3. The number of allylic oxidation sites excluding steroid dienone is 4. The van der Waals surface area contributed by atoms with E-state index in [0.717, 1.165) is 34.2 Å². The van der Waals surface area contributed by atoms with Gasteiger partial charge in [0.15, 0.2) is 17.5 Å². The molecule has 0 amide bonds. The van der Waals surface area contributed by atoms with E-state index in [2.05, 4.69) is 104 Å². The first kappa shape index (κ1) is 26.5. The molecular weight excluding hydrogens is 522 g/mol. The molecule has 0 aliphatic heterocycles. The first-order valence-corrected chi connectivity index (χ1v) is 14.8. The molecule has 1 aromatic heterocycles. The molecule has 1 heterocycles. The zero-order valence-corrected chi connectivity index (χ0v) is 24.3. The normalized spacial score (nSPS) is 12.1. The first-order valence-electron chi connectivity index (χ1n) is 14.8. The van der Waals surface area contributed by atoms with Gasteiger partial charge in [-0.25, -0.2) is 15.0 Å². The number of hydrogen-bond donors (Lipinski definition) is 0. The van der Waals surface area contributed by atoms with E-state index >= 15 is 0 Å². The Labute approximate surface area is 251 Å². The van der Waals surface area contributed by atoms with Crippen LogP contribution in [0.5, 0.6) is 0 Å². The molecule has 0 aliphatic rings. The summed E-state index contributed by atoms with van der Waals surface area (Å²) in [6.07, 6.45) is 6.97. The van der Waals surface area contributed by atoms with Crippen molar-refractivity contribution in [3.05, 3.63) is 145 Å². The second kappa shape index (κ2) is 11.5. The van der Waals surface area contributed by atoms with Crippen LogP contribution >= 0.6 is 0 Å². The molecule has 0 N–H and O–H groups in total. The van der Waals surface area contributed by atoms with Crippen molar-refractivity contribution in [3.63, 3.8) is 0 Å². The van der Waals surface area contributed by atoms with Crippen molar-refractivity contribution >= 4 is 37.9 Å². The maximum Gasteiger partial charge on any atom is 0.164 e. The average Bonchev–Trinajstić information content (AvgIpc) is 3.09. The van der Waals surface area contributed by atoms with Crippen molar-refractivity contribution in [1.82, 2.24) is 15.0 Å². The Hall–Kier alpha value is -5.41. The van der Waals surface area contributed by atoms with Gasteiger partial charge >= 0.3 is 0 Å². The Kier molecular flexibility index (Phi) is 7.06. The fourth-order valence-electron chi connectivity index (χ4n) is 5.85. The topological polar surface area (TPSA) is 38.7 Å². The van der Waals surface area contributed by atoms with Gasteiger partial charge in [-0.05, 0) is 74.5 Å². The monoisotopic (exact) mass is 553 g/mol. The summed E-state index contributed by atoms with van der Waals surface area (Å²) in [4.78, 5) is 14.8. The molecule has 0 bridgehead atoms. The summed E-state index contributed by atoms with van der Waals surface area (Å²) in [5.41, 5.74) is 5.29. The minimum atomic E-state index is 0.669. The van der Waals surface area contributed by atoms with Gasteiger partial charge in [-0.3, -0.25) is 0 Å². The van der Waals surface area contributed by atoms with Gasteiger partial charge < -0.3 is 0 Å². The molecule has 0 saturated carbocycles. The number of aromatic nitrogens is 3. The first-order chi connectivity index (χ1) is 21.2. The lowest BCUT2D eigenvalue weighted by Crippen LogP contribution is -2.02. The van der Waals surface area contributed by atoms with Crippen molar-refractivity contribution in [1.29, 1.82) is 0 Å². The van der Waals surface area contributed by atoms with Crippen LogP contribution in [0, 0.1) is 0 Å². The third kappa shape index (κ3) is 5.00. The standard InChI is InChI=1S/C40H31N3/c1-3-5-14-27(4-2)38-41-39(28-15-7-6-8-16-28)43-40(42-38)31-18-13-17-29(25-31)30-23-24-36-34-21-10-9-19-32(34)33-20-11-12-22-35(33)37(36)26-30/h3,5-26H,4H2,1-2H3/b5-3-,27-14+. The fourth-order valence-corrected chi connectivity index (χ4v) is 5.85. The SMILES string of the molecule is C/C=C\C=C(/CC)c1nc(-c2ccccc2)nc(-c2cccc(-c3ccc4c5ccccc5c5ccccc5c4c3)c2)n1. The molecule has 43 heavy (non-hydrogen) atoms. The highest BCUT2D eigenvalue weighted by atomic mass is 15.0. The van der Waals surface area contributed by atoms with Crippen LogP contribution in [0.25, 0.3) is 71.8 Å². The van der Waals surface area contributed by atoms with E-state index in [0.29, 0.717) is 17.5 Å². The predicted octanol–water partition coefficient (Wildman–Crippen LogP) is 10.7. The largest absolute Gasteiger partial charge is 0.209 e. The third-order valence-electron chi connectivity index (χ3n) is 8.02. The van der Waals surface area contributed by atoms with Crippen molar-refractivity contribution in [2.75, 3.05) is 0 Å². The summed E-state index contributed by atoms with van der Waals surface area (Å²) in [5, 5.41) is 7.64. The lowest BCUT2D eigenvalue weighted by Gasteiger charge is -2.13. The van der Waals surface area contributed by atoms with Gasteiger partial charge in [0.1, 0.15) is 0 Å². The van der Waals surface area contributed by atoms with Crippen LogP contribution in [0.15, 0.2) is 140 Å². The van der Waals surface area contributed by atoms with Crippen LogP contribution in [0.4, 0.5) is 0 Å². The Balaban J connectivity index is 1.39. The third-order valence-corrected chi connectivity index (χ3v) is 8.02. The van der Waals surface area contributed by atoms with Crippen LogP contribution in [0.2, 0.25) is 0 Å². The Morgan fingerprint density at radius 1 is 0.512 bits per heavy atom. The number of fused-ring (bicyclic) bond motifs is 6. The highest BCUT2D eigenvalue weighted by Gasteiger charge is 2.14. The van der Waals surface area contributed by atoms with E-state index in [1.54, 1.807) is 0 Å². The summed E-state index contributed by atoms with van der Waals surface area (Å²) in [5.74, 6) is 2.05. The average molecular weight is 554 g/mol. The van der Waals surface area contributed by atoms with Crippen LogP contribution in [0.3, 0.4) is 0 Å². The molecule has 7 rings (SSSR count). The molecule has 7 aromatic rings. The van der Waals surface area contributed by atoms with E-state index in [-0.39, 0.29) is 0 Å². The van der Waals surface area contributed by atoms with Gasteiger partial charge in [0.25, 0.3) is 0 Å². The molecular formula is C40H31N3. The van der Waals surface area contributed by atoms with E-state index < -0.39 is 0 Å². The maximum atomic E-state index is 4.99. The van der Waals surface area contributed by atoms with Crippen molar-refractivity contribution in [3.8, 4) is 33.9 Å². The summed E-state index contributed by atoms with van der Waals surface area (Å²) in [6.45, 7) is 4.15. The number of nitrogens with zero attached hydrogens (tertiary/aromatic N) is 3. The molecule has 206 valence electrons. The number of hydrogen-bond acceptors (Lipinski definition) is 3. The smallest absolute Gasteiger partial charge is 0.164 e. The lowest BCUT2D eigenvalue weighted by atomic mass is 9.92. The highest BCUT2D eigenvalue weighted by Crippen LogP contribution is 2.37. The molecule has 0 radical (unpaired) electrons. The molecule has 0 fully saturated rings. The van der Waals surface area contributed by atoms with Gasteiger partial charge in [-0.2, -0.15) is 0 Å². The summed E-state index contributed by atoms with van der Waals surface area (Å²) in [6, 6.07) is 42.9. The van der Waals surface area contributed by atoms with E-state index in [1.807, 2.05) is 49.4 Å². The second-order valence-electron chi connectivity index (χ2n) is 10.7. The van der Waals surface area contributed by atoms with Gasteiger partial charge in [0.05, 0.1) is 0 Å². The molecule has 3 nitrogen and oxygen atoms in total. The van der Waals surface area contributed by atoms with Gasteiger partial charge in [0, 0.05) is 11.1 Å². The Bertz CT molecular complexity index is 2140. The van der Waals surface area contributed by atoms with Crippen LogP contribution < -0.4 is 0 Å². The van der Waals surface area contributed by atoms with E-state index in [9.17, 15) is 0 Å². The quantitative estimate of drug-likeness (QED) is 0.152. The van der Waals surface area contributed by atoms with Crippen molar-refractivity contribution in [2.24, 2.45) is 0 Å². The fraction of sp³-hybridized carbons (Fsp3) is 0.0750. The van der Waals surface area contributed by atoms with Crippen molar-refractivity contribution in [2.45, 2.75) is 20.3 Å². The predicted molar refractivity (Wildman–Crippen MR) is 182 cm³/mol.